The number of pyridine rings is 2. The lowest BCUT2D eigenvalue weighted by Crippen LogP contribution is -2.33. The van der Waals surface area contributed by atoms with Crippen molar-refractivity contribution in [3.63, 3.8) is 0 Å². The van der Waals surface area contributed by atoms with Gasteiger partial charge in [-0.25, -0.2) is 0 Å². The van der Waals surface area contributed by atoms with Crippen LogP contribution < -0.4 is 0 Å². The van der Waals surface area contributed by atoms with Crippen molar-refractivity contribution in [2.75, 3.05) is 26.2 Å². The van der Waals surface area contributed by atoms with E-state index in [-0.39, 0.29) is 0 Å². The molecule has 0 aliphatic carbocycles. The van der Waals surface area contributed by atoms with Gasteiger partial charge in [-0.3, -0.25) is 19.8 Å². The Morgan fingerprint density at radius 1 is 0.727 bits per heavy atom. The highest BCUT2D eigenvalue weighted by atomic mass is 79.9. The highest BCUT2D eigenvalue weighted by Crippen LogP contribution is 2.27. The Morgan fingerprint density at radius 3 is 1.64 bits per heavy atom. The number of aromatic nitrogens is 2. The lowest BCUT2D eigenvalue weighted by molar-refractivity contribution is 0.185. The number of carbonyl (C=O) groups excluding carboxylic acids is 2. The van der Waals surface area contributed by atoms with Crippen molar-refractivity contribution < 1.29 is 9.59 Å². The van der Waals surface area contributed by atoms with Gasteiger partial charge in [-0.15, -0.1) is 17.5 Å². The van der Waals surface area contributed by atoms with E-state index in [1.165, 1.54) is 53.0 Å². The summed E-state index contributed by atoms with van der Waals surface area (Å²) in [6.07, 6.45) is 21.1. The Labute approximate surface area is 342 Å². The number of halogens is 1. The second kappa shape index (κ2) is 21.8. The van der Waals surface area contributed by atoms with Gasteiger partial charge in [0.25, 0.3) is 0 Å². The van der Waals surface area contributed by atoms with Gasteiger partial charge < -0.3 is 9.59 Å². The molecule has 55 heavy (non-hydrogen) atoms. The van der Waals surface area contributed by atoms with Crippen molar-refractivity contribution in [1.82, 2.24) is 19.8 Å². The van der Waals surface area contributed by atoms with Gasteiger partial charge in [-0.2, -0.15) is 0 Å². The van der Waals surface area contributed by atoms with Crippen LogP contribution in [0.4, 0.5) is 0 Å². The molecule has 0 atom stereocenters. The Hall–Kier alpha value is -3.32. The first-order valence-electron chi connectivity index (χ1n) is 19.6. The first-order valence-corrected chi connectivity index (χ1v) is 27.4. The molecule has 4 aromatic rings. The van der Waals surface area contributed by atoms with Gasteiger partial charge in [0.15, 0.2) is 14.6 Å². The Morgan fingerprint density at radius 2 is 1.18 bits per heavy atom. The maximum Gasteiger partial charge on any atom is 0.197 e. The second-order valence-electron chi connectivity index (χ2n) is 17.0. The number of likely N-dealkylation sites (tertiary alicyclic amines) is 2. The quantitative estimate of drug-likeness (QED) is 0.0904. The fraction of sp³-hybridized carbons (Fsp3) is 0.455. The minimum atomic E-state index is -1.41. The van der Waals surface area contributed by atoms with E-state index in [1.54, 1.807) is 14.6 Å². The van der Waals surface area contributed by atoms with Crippen molar-refractivity contribution in [1.29, 1.82) is 0 Å². The fourth-order valence-electron chi connectivity index (χ4n) is 6.71. The molecule has 0 saturated carbocycles. The molecule has 2 radical (unpaired) electrons. The van der Waals surface area contributed by atoms with Crippen LogP contribution in [0.25, 0.3) is 21.5 Å². The first kappa shape index (κ1) is 44.4. The van der Waals surface area contributed by atoms with Gasteiger partial charge in [-0.05, 0) is 108 Å². The van der Waals surface area contributed by atoms with E-state index in [4.69, 9.17) is 6.42 Å². The average molecular weight is 832 g/mol. The Balaban J connectivity index is 0.000000216. The zero-order valence-corrected chi connectivity index (χ0v) is 37.4. The summed E-state index contributed by atoms with van der Waals surface area (Å²) in [5.41, 5.74) is 9.93. The van der Waals surface area contributed by atoms with Crippen molar-refractivity contribution in [3.8, 4) is 23.4 Å². The monoisotopic (exact) mass is 830 g/mol. The van der Waals surface area contributed by atoms with Crippen LogP contribution in [-0.4, -0.2) is 89.0 Å². The van der Waals surface area contributed by atoms with Gasteiger partial charge in [0.2, 0.25) is 0 Å². The molecule has 0 spiro atoms. The topological polar surface area (TPSA) is 66.4 Å². The van der Waals surface area contributed by atoms with Crippen LogP contribution in [0.15, 0.2) is 65.7 Å². The molecule has 0 N–H and O–H groups in total. The van der Waals surface area contributed by atoms with Crippen LogP contribution in [0, 0.1) is 35.3 Å². The largest absolute Gasteiger partial charge is 0.316 e. The van der Waals surface area contributed by atoms with Crippen LogP contribution in [0.1, 0.15) is 42.4 Å². The number of rotatable bonds is 10. The molecule has 286 valence electrons. The standard InChI is InChI=1S/C22H28BN2OSi.C17H19BBrN2O.C5H10Si/c1-27(2,3)11-8-21-15-24-14-20-5-4-19(12-22(20)21)16-25-9-6-18(7-10-25)13-23-17-26;19-17-10-20-9-15-2-1-14(7-16(15)17)11-21-5-3-13(4-6-21)8-18-12-22;1-5-6(2,3)4/h4-5,12,14-15,17-18H,6-7,9-10,13,16H2,1-3H3;1-2,7,9-10,12-13H,3-6,8,11H2;1H,2-4H3. The molecule has 0 unspecified atom stereocenters. The minimum Gasteiger partial charge on any atom is -0.316 e. The van der Waals surface area contributed by atoms with E-state index in [1.807, 2.05) is 24.8 Å². The highest BCUT2D eigenvalue weighted by Gasteiger charge is 2.20. The van der Waals surface area contributed by atoms with E-state index in [0.717, 1.165) is 79.7 Å². The van der Waals surface area contributed by atoms with Crippen LogP contribution >= 0.6 is 15.9 Å². The predicted molar refractivity (Wildman–Crippen MR) is 244 cm³/mol. The van der Waals surface area contributed by atoms with E-state index in [2.05, 4.69) is 128 Å². The maximum atomic E-state index is 10.5. The SMILES string of the molecule is C#C[Si](C)(C)C.C[Si](C)(C)C#Cc1cncc2ccc(CN3CCC(C[B]C=O)CC3)cc12.O=C[B]CC1CCN(Cc2ccc3cncc(Br)c3c2)CC1. The van der Waals surface area contributed by atoms with Crippen LogP contribution in [-0.2, 0) is 22.7 Å². The van der Waals surface area contributed by atoms with Crippen LogP contribution in [0.3, 0.4) is 0 Å². The van der Waals surface area contributed by atoms with E-state index >= 15 is 0 Å². The number of carbonyl (C=O) groups is 2. The van der Waals surface area contributed by atoms with E-state index in [9.17, 15) is 9.59 Å². The van der Waals surface area contributed by atoms with Crippen molar-refractivity contribution in [3.05, 3.63) is 82.3 Å². The highest BCUT2D eigenvalue weighted by molar-refractivity contribution is 9.10. The second-order valence-corrected chi connectivity index (χ2v) is 27.4. The summed E-state index contributed by atoms with van der Waals surface area (Å²) in [6.45, 7) is 19.6. The zero-order chi connectivity index (χ0) is 39.8. The van der Waals surface area contributed by atoms with Crippen molar-refractivity contribution in [2.45, 2.75) is 90.7 Å². The average Bonchev–Trinajstić information content (AvgIpc) is 3.17. The molecule has 2 saturated heterocycles. The van der Waals surface area contributed by atoms with Gasteiger partial charge >= 0.3 is 0 Å². The van der Waals surface area contributed by atoms with E-state index in [0.29, 0.717) is 11.8 Å². The molecule has 6 nitrogen and oxygen atoms in total. The summed E-state index contributed by atoms with van der Waals surface area (Å²) in [6, 6.07) is 13.3. The van der Waals surface area contributed by atoms with E-state index < -0.39 is 16.1 Å². The molecule has 11 heteroatoms. The number of hydrogen-bond donors (Lipinski definition) is 0. The van der Waals surface area contributed by atoms with Crippen LogP contribution in [0.5, 0.6) is 0 Å². The molecule has 2 aliphatic heterocycles. The maximum absolute atomic E-state index is 10.5. The minimum absolute atomic E-state index is 0.664. The fourth-order valence-corrected chi connectivity index (χ4v) is 7.68. The molecule has 4 heterocycles. The Bertz CT molecular complexity index is 1970. The Kier molecular flexibility index (Phi) is 17.6. The number of hydrogen-bond acceptors (Lipinski definition) is 6. The number of terminal acetylenes is 1. The molecule has 0 bridgehead atoms. The summed E-state index contributed by atoms with van der Waals surface area (Å²) in [5, 5.41) is 4.76. The van der Waals surface area contributed by atoms with Gasteiger partial charge in [0, 0.05) is 58.5 Å². The first-order chi connectivity index (χ1) is 26.3. The van der Waals surface area contributed by atoms with Gasteiger partial charge in [0.1, 0.15) is 16.1 Å². The molecule has 2 aromatic carbocycles. The third-order valence-electron chi connectivity index (χ3n) is 9.96. The summed E-state index contributed by atoms with van der Waals surface area (Å²) in [7, 11) is 1.01. The van der Waals surface area contributed by atoms with Crippen molar-refractivity contribution in [2.24, 2.45) is 11.8 Å². The summed E-state index contributed by atoms with van der Waals surface area (Å²) in [5.74, 6) is 4.73. The molecular formula is C44H57B2BrN4O2Si2. The predicted octanol–water partition coefficient (Wildman–Crippen LogP) is 9.01. The molecule has 0 amide bonds. The third-order valence-corrected chi connectivity index (χ3v) is 12.3. The van der Waals surface area contributed by atoms with Crippen LogP contribution in [0.2, 0.25) is 51.9 Å². The smallest absolute Gasteiger partial charge is 0.197 e. The number of fused-ring (bicyclic) bond motifs is 2. The summed E-state index contributed by atoms with van der Waals surface area (Å²) in [4.78, 5) is 34.5. The van der Waals surface area contributed by atoms with Crippen molar-refractivity contribution >= 4 is 80.6 Å². The summed E-state index contributed by atoms with van der Waals surface area (Å²) >= 11 is 3.58. The normalized spacial score (nSPS) is 15.7. The lowest BCUT2D eigenvalue weighted by atomic mass is 9.69. The zero-order valence-electron chi connectivity index (χ0n) is 33.8. The molecular weight excluding hydrogens is 774 g/mol. The molecule has 2 aliphatic rings. The molecule has 6 rings (SSSR count). The van der Waals surface area contributed by atoms with Gasteiger partial charge in [0.05, 0.1) is 17.9 Å². The number of nitrogens with zero attached hydrogens (tertiary/aromatic N) is 4. The number of benzene rings is 2. The number of piperidine rings is 2. The summed E-state index contributed by atoms with van der Waals surface area (Å²) < 4.78 is 1.05. The molecule has 2 fully saturated rings. The van der Waals surface area contributed by atoms with Gasteiger partial charge in [-0.1, -0.05) is 82.1 Å². The molecule has 2 aromatic heterocycles. The third kappa shape index (κ3) is 15.6. The lowest BCUT2D eigenvalue weighted by Gasteiger charge is -2.31.